The third-order valence-corrected chi connectivity index (χ3v) is 4.29. The van der Waals surface area contributed by atoms with E-state index in [1.165, 1.54) is 11.3 Å². The largest absolute Gasteiger partial charge is 0.384 e. The first-order valence-electron chi connectivity index (χ1n) is 6.85. The van der Waals surface area contributed by atoms with Crippen molar-refractivity contribution in [3.05, 3.63) is 21.9 Å². The Hall–Kier alpha value is -1.84. The third-order valence-electron chi connectivity index (χ3n) is 3.39. The molecule has 0 radical (unpaired) electrons. The molecule has 0 aliphatic carbocycles. The molecule has 0 unspecified atom stereocenters. The van der Waals surface area contributed by atoms with Gasteiger partial charge >= 0.3 is 0 Å². The first-order chi connectivity index (χ1) is 10.1. The molecule has 1 saturated heterocycles. The zero-order valence-corrected chi connectivity index (χ0v) is 12.8. The quantitative estimate of drug-likeness (QED) is 0.780. The van der Waals surface area contributed by atoms with Gasteiger partial charge in [0.15, 0.2) is 0 Å². The summed E-state index contributed by atoms with van der Waals surface area (Å²) < 4.78 is 0. The number of nitrogens with zero attached hydrogens (tertiary/aromatic N) is 2. The van der Waals surface area contributed by atoms with Gasteiger partial charge in [-0.2, -0.15) is 0 Å². The van der Waals surface area contributed by atoms with E-state index in [9.17, 15) is 9.59 Å². The molecule has 0 atom stereocenters. The lowest BCUT2D eigenvalue weighted by Gasteiger charge is -2.21. The number of thiophene rings is 1. The second-order valence-electron chi connectivity index (χ2n) is 4.78. The lowest BCUT2D eigenvalue weighted by atomic mass is 10.2. The summed E-state index contributed by atoms with van der Waals surface area (Å²) in [7, 11) is 0. The van der Waals surface area contributed by atoms with Crippen LogP contribution in [0.1, 0.15) is 28.6 Å². The van der Waals surface area contributed by atoms with Gasteiger partial charge in [0.25, 0.3) is 5.91 Å². The maximum Gasteiger partial charge on any atom is 0.265 e. The van der Waals surface area contributed by atoms with Crippen molar-refractivity contribution in [2.45, 2.75) is 13.3 Å². The smallest absolute Gasteiger partial charge is 0.265 e. The van der Waals surface area contributed by atoms with E-state index in [0.29, 0.717) is 36.6 Å². The van der Waals surface area contributed by atoms with Gasteiger partial charge in [0, 0.05) is 38.7 Å². The highest BCUT2D eigenvalue weighted by Crippen LogP contribution is 2.19. The predicted molar refractivity (Wildman–Crippen MR) is 81.1 cm³/mol. The lowest BCUT2D eigenvalue weighted by Crippen LogP contribution is -2.36. The van der Waals surface area contributed by atoms with E-state index in [-0.39, 0.29) is 18.4 Å². The first-order valence-corrected chi connectivity index (χ1v) is 7.73. The fourth-order valence-corrected chi connectivity index (χ4v) is 3.10. The molecule has 0 bridgehead atoms. The standard InChI is InChI=1S/C15H18N2O3S/c1-12(19)16-6-3-7-17(9-8-16)15(20)14-13(4-2-10-18)5-11-21-14/h5,11,18H,3,6-10H2,1H3. The SMILES string of the molecule is CC(=O)N1CCCN(C(=O)c2sccc2C#CCO)CC1. The zero-order valence-electron chi connectivity index (χ0n) is 12.0. The molecule has 0 spiro atoms. The van der Waals surface area contributed by atoms with Gasteiger partial charge in [-0.15, -0.1) is 11.3 Å². The van der Waals surface area contributed by atoms with Crippen molar-refractivity contribution in [2.24, 2.45) is 0 Å². The molecule has 6 heteroatoms. The Balaban J connectivity index is 2.10. The van der Waals surface area contributed by atoms with Crippen LogP contribution in [-0.4, -0.2) is 59.5 Å². The predicted octanol–water partition coefficient (Wildman–Crippen LogP) is 0.786. The van der Waals surface area contributed by atoms with Crippen molar-refractivity contribution in [1.29, 1.82) is 0 Å². The maximum atomic E-state index is 12.6. The maximum absolute atomic E-state index is 12.6. The van der Waals surface area contributed by atoms with E-state index in [1.807, 2.05) is 5.38 Å². The average Bonchev–Trinajstić information content (AvgIpc) is 2.78. The molecule has 112 valence electrons. The number of hydrogen-bond acceptors (Lipinski definition) is 4. The Labute approximate surface area is 128 Å². The molecule has 1 aliphatic rings. The number of amides is 2. The van der Waals surface area contributed by atoms with Gasteiger partial charge in [-0.1, -0.05) is 11.8 Å². The zero-order chi connectivity index (χ0) is 15.2. The number of aliphatic hydroxyl groups is 1. The first kappa shape index (κ1) is 15.5. The molecule has 1 aliphatic heterocycles. The Morgan fingerprint density at radius 2 is 2.00 bits per heavy atom. The van der Waals surface area contributed by atoms with Crippen LogP contribution in [0.4, 0.5) is 0 Å². The second kappa shape index (κ2) is 7.25. The normalized spacial score (nSPS) is 15.1. The molecule has 21 heavy (non-hydrogen) atoms. The molecule has 1 fully saturated rings. The molecule has 1 N–H and O–H groups in total. The van der Waals surface area contributed by atoms with E-state index in [1.54, 1.807) is 22.8 Å². The van der Waals surface area contributed by atoms with Crippen LogP contribution in [0.5, 0.6) is 0 Å². The van der Waals surface area contributed by atoms with E-state index in [0.717, 1.165) is 6.42 Å². The van der Waals surface area contributed by atoms with Gasteiger partial charge in [0.2, 0.25) is 5.91 Å². The summed E-state index contributed by atoms with van der Waals surface area (Å²) in [5.41, 5.74) is 0.659. The highest BCUT2D eigenvalue weighted by molar-refractivity contribution is 7.12. The van der Waals surface area contributed by atoms with Crippen molar-refractivity contribution < 1.29 is 14.7 Å². The fraction of sp³-hybridized carbons (Fsp3) is 0.467. The molecule has 2 amide bonds. The highest BCUT2D eigenvalue weighted by atomic mass is 32.1. The molecule has 2 heterocycles. The number of hydrogen-bond donors (Lipinski definition) is 1. The van der Waals surface area contributed by atoms with E-state index in [4.69, 9.17) is 5.11 Å². The minimum absolute atomic E-state index is 0.0439. The Kier molecular flexibility index (Phi) is 5.37. The van der Waals surface area contributed by atoms with E-state index in [2.05, 4.69) is 11.8 Å². The average molecular weight is 306 g/mol. The van der Waals surface area contributed by atoms with Crippen LogP contribution in [-0.2, 0) is 4.79 Å². The van der Waals surface area contributed by atoms with Crippen LogP contribution in [0.15, 0.2) is 11.4 Å². The summed E-state index contributed by atoms with van der Waals surface area (Å²) in [6, 6.07) is 1.79. The van der Waals surface area contributed by atoms with Crippen LogP contribution >= 0.6 is 11.3 Å². The number of rotatable bonds is 1. The Morgan fingerprint density at radius 3 is 2.71 bits per heavy atom. The van der Waals surface area contributed by atoms with Gasteiger partial charge in [-0.25, -0.2) is 0 Å². The van der Waals surface area contributed by atoms with Gasteiger partial charge in [0.05, 0.1) is 0 Å². The topological polar surface area (TPSA) is 60.9 Å². The molecule has 0 saturated carbocycles. The summed E-state index contributed by atoms with van der Waals surface area (Å²) in [4.78, 5) is 28.1. The van der Waals surface area contributed by atoms with Crippen LogP contribution in [0.3, 0.4) is 0 Å². The molecule has 1 aromatic heterocycles. The summed E-state index contributed by atoms with van der Waals surface area (Å²) in [5, 5.41) is 10.6. The minimum Gasteiger partial charge on any atom is -0.384 e. The van der Waals surface area contributed by atoms with Gasteiger partial charge < -0.3 is 14.9 Å². The summed E-state index contributed by atoms with van der Waals surface area (Å²) in [5.74, 6) is 5.38. The van der Waals surface area contributed by atoms with Gasteiger partial charge in [-0.05, 0) is 17.9 Å². The van der Waals surface area contributed by atoms with E-state index < -0.39 is 0 Å². The monoisotopic (exact) mass is 306 g/mol. The Bertz CT molecular complexity index is 585. The Morgan fingerprint density at radius 1 is 1.29 bits per heavy atom. The third kappa shape index (κ3) is 3.84. The number of aliphatic hydroxyl groups excluding tert-OH is 1. The minimum atomic E-state index is -0.221. The molecule has 0 aromatic carbocycles. The summed E-state index contributed by atoms with van der Waals surface area (Å²) >= 11 is 1.36. The number of carbonyl (C=O) groups excluding carboxylic acids is 2. The number of carbonyl (C=O) groups is 2. The van der Waals surface area contributed by atoms with Crippen molar-refractivity contribution in [3.8, 4) is 11.8 Å². The molecule has 5 nitrogen and oxygen atoms in total. The van der Waals surface area contributed by atoms with Gasteiger partial charge in [-0.3, -0.25) is 9.59 Å². The molecule has 1 aromatic rings. The van der Waals surface area contributed by atoms with Crippen LogP contribution in [0, 0.1) is 11.8 Å². The fourth-order valence-electron chi connectivity index (χ4n) is 2.29. The van der Waals surface area contributed by atoms with Crippen molar-refractivity contribution in [3.63, 3.8) is 0 Å². The van der Waals surface area contributed by atoms with E-state index >= 15 is 0 Å². The second-order valence-corrected chi connectivity index (χ2v) is 5.69. The molecular formula is C15H18N2O3S. The molecule has 2 rings (SSSR count). The van der Waals surface area contributed by atoms with Crippen molar-refractivity contribution in [1.82, 2.24) is 9.80 Å². The van der Waals surface area contributed by atoms with Crippen molar-refractivity contribution >= 4 is 23.2 Å². The molecular weight excluding hydrogens is 288 g/mol. The summed E-state index contributed by atoms with van der Waals surface area (Å²) in [6.45, 7) is 3.79. The van der Waals surface area contributed by atoms with Crippen LogP contribution in [0.25, 0.3) is 0 Å². The van der Waals surface area contributed by atoms with Crippen LogP contribution in [0.2, 0.25) is 0 Å². The highest BCUT2D eigenvalue weighted by Gasteiger charge is 2.23. The van der Waals surface area contributed by atoms with Crippen molar-refractivity contribution in [2.75, 3.05) is 32.8 Å². The van der Waals surface area contributed by atoms with Gasteiger partial charge in [0.1, 0.15) is 11.5 Å². The van der Waals surface area contributed by atoms with Crippen LogP contribution < -0.4 is 0 Å². The lowest BCUT2D eigenvalue weighted by molar-refractivity contribution is -0.128. The summed E-state index contributed by atoms with van der Waals surface area (Å²) in [6.07, 6.45) is 0.786.